The van der Waals surface area contributed by atoms with Crippen molar-refractivity contribution in [2.75, 3.05) is 6.54 Å². The number of benzene rings is 1. The molecule has 16 heavy (non-hydrogen) atoms. The van der Waals surface area contributed by atoms with Gasteiger partial charge in [0.05, 0.1) is 5.02 Å². The Kier molecular flexibility index (Phi) is 4.88. The number of rotatable bonds is 4. The van der Waals surface area contributed by atoms with E-state index in [1.807, 2.05) is 6.07 Å². The predicted molar refractivity (Wildman–Crippen MR) is 64.9 cm³/mol. The van der Waals surface area contributed by atoms with Gasteiger partial charge in [-0.2, -0.15) is 5.26 Å². The lowest BCUT2D eigenvalue weighted by Gasteiger charge is -2.14. The van der Waals surface area contributed by atoms with E-state index in [-0.39, 0.29) is 0 Å². The van der Waals surface area contributed by atoms with E-state index in [2.05, 4.69) is 0 Å². The molecule has 1 unspecified atom stereocenters. The summed E-state index contributed by atoms with van der Waals surface area (Å²) in [4.78, 5) is 0. The Morgan fingerprint density at radius 3 is 2.75 bits per heavy atom. The summed E-state index contributed by atoms with van der Waals surface area (Å²) in [5.74, 6) is 0.491. The topological polar surface area (TPSA) is 59.0 Å². The van der Waals surface area contributed by atoms with Crippen molar-refractivity contribution in [2.45, 2.75) is 19.4 Å². The summed E-state index contributed by atoms with van der Waals surface area (Å²) in [7, 11) is 0. The molecule has 0 aliphatic heterocycles. The lowest BCUT2D eigenvalue weighted by molar-refractivity contribution is 0.274. The van der Waals surface area contributed by atoms with Crippen LogP contribution in [0.2, 0.25) is 10.0 Å². The lowest BCUT2D eigenvalue weighted by atomic mass is 10.1. The number of nitriles is 1. The van der Waals surface area contributed by atoms with Crippen LogP contribution >= 0.6 is 23.2 Å². The molecule has 86 valence electrons. The molecule has 0 amide bonds. The Labute approximate surface area is 105 Å². The maximum absolute atomic E-state index is 8.69. The van der Waals surface area contributed by atoms with E-state index in [1.165, 1.54) is 0 Å². The Balaban J connectivity index is 3.09. The fourth-order valence-corrected chi connectivity index (χ4v) is 1.87. The van der Waals surface area contributed by atoms with Crippen LogP contribution in [0, 0.1) is 11.3 Å². The molecule has 0 heterocycles. The van der Waals surface area contributed by atoms with E-state index < -0.39 is 6.10 Å². The van der Waals surface area contributed by atoms with Gasteiger partial charge in [-0.3, -0.25) is 0 Å². The number of hydrogen-bond acceptors (Lipinski definition) is 3. The second-order valence-corrected chi connectivity index (χ2v) is 4.15. The van der Waals surface area contributed by atoms with E-state index in [4.69, 9.17) is 38.9 Å². The molecular formula is C11H12Cl2N2O. The van der Waals surface area contributed by atoms with Crippen LogP contribution in [0.15, 0.2) is 12.1 Å². The van der Waals surface area contributed by atoms with Crippen molar-refractivity contribution in [3.05, 3.63) is 27.7 Å². The SMILES string of the molecule is CC(C#N)Oc1c(Cl)cc(Cl)cc1CCN. The van der Waals surface area contributed by atoms with E-state index in [1.54, 1.807) is 19.1 Å². The van der Waals surface area contributed by atoms with Crippen molar-refractivity contribution in [2.24, 2.45) is 5.73 Å². The normalized spacial score (nSPS) is 11.9. The number of halogens is 2. The molecule has 2 N–H and O–H groups in total. The molecule has 3 nitrogen and oxygen atoms in total. The predicted octanol–water partition coefficient (Wildman–Crippen LogP) is 2.79. The largest absolute Gasteiger partial charge is 0.474 e. The molecule has 0 radical (unpaired) electrons. The first-order chi connectivity index (χ1) is 7.58. The van der Waals surface area contributed by atoms with Gasteiger partial charge in [-0.25, -0.2) is 0 Å². The first-order valence-electron chi connectivity index (χ1n) is 4.82. The first kappa shape index (κ1) is 13.1. The monoisotopic (exact) mass is 258 g/mol. The van der Waals surface area contributed by atoms with Crippen molar-refractivity contribution < 1.29 is 4.74 Å². The van der Waals surface area contributed by atoms with Gasteiger partial charge < -0.3 is 10.5 Å². The first-order valence-corrected chi connectivity index (χ1v) is 5.58. The fraction of sp³-hybridized carbons (Fsp3) is 0.364. The van der Waals surface area contributed by atoms with Crippen molar-refractivity contribution in [3.8, 4) is 11.8 Å². The number of hydrogen-bond donors (Lipinski definition) is 1. The average molecular weight is 259 g/mol. The van der Waals surface area contributed by atoms with Gasteiger partial charge >= 0.3 is 0 Å². The van der Waals surface area contributed by atoms with Gasteiger partial charge in [-0.05, 0) is 37.6 Å². The quantitative estimate of drug-likeness (QED) is 0.904. The molecule has 0 saturated carbocycles. The lowest BCUT2D eigenvalue weighted by Crippen LogP contribution is -2.12. The molecule has 0 aromatic heterocycles. The maximum atomic E-state index is 8.69. The molecule has 5 heteroatoms. The van der Waals surface area contributed by atoms with Gasteiger partial charge in [0.2, 0.25) is 0 Å². The number of nitrogens with two attached hydrogens (primary N) is 1. The second-order valence-electron chi connectivity index (χ2n) is 3.30. The highest BCUT2D eigenvalue weighted by molar-refractivity contribution is 6.35. The molecule has 1 atom stereocenters. The molecule has 0 saturated heterocycles. The fourth-order valence-electron chi connectivity index (χ4n) is 1.29. The van der Waals surface area contributed by atoms with Gasteiger partial charge in [-0.1, -0.05) is 23.2 Å². The molecule has 0 aliphatic rings. The van der Waals surface area contributed by atoms with Gasteiger partial charge in [-0.15, -0.1) is 0 Å². The summed E-state index contributed by atoms with van der Waals surface area (Å²) >= 11 is 11.9. The second kappa shape index (κ2) is 5.95. The van der Waals surface area contributed by atoms with Crippen molar-refractivity contribution in [1.82, 2.24) is 0 Å². The summed E-state index contributed by atoms with van der Waals surface area (Å²) in [6, 6.07) is 5.32. The average Bonchev–Trinajstić information content (AvgIpc) is 2.23. The van der Waals surface area contributed by atoms with Gasteiger partial charge in [0.25, 0.3) is 0 Å². The summed E-state index contributed by atoms with van der Waals surface area (Å²) in [6.45, 7) is 2.12. The van der Waals surface area contributed by atoms with Crippen LogP contribution in [0.4, 0.5) is 0 Å². The van der Waals surface area contributed by atoms with Crippen molar-refractivity contribution in [3.63, 3.8) is 0 Å². The van der Waals surface area contributed by atoms with Gasteiger partial charge in [0, 0.05) is 5.02 Å². The molecule has 0 aliphatic carbocycles. The third-order valence-electron chi connectivity index (χ3n) is 1.98. The van der Waals surface area contributed by atoms with Crippen molar-refractivity contribution >= 4 is 23.2 Å². The van der Waals surface area contributed by atoms with E-state index in [0.717, 1.165) is 5.56 Å². The van der Waals surface area contributed by atoms with Crippen LogP contribution in [-0.4, -0.2) is 12.6 Å². The summed E-state index contributed by atoms with van der Waals surface area (Å²) in [5.41, 5.74) is 6.31. The van der Waals surface area contributed by atoms with Crippen LogP contribution in [-0.2, 0) is 6.42 Å². The Morgan fingerprint density at radius 2 is 2.19 bits per heavy atom. The van der Waals surface area contributed by atoms with Gasteiger partial charge in [0.15, 0.2) is 6.10 Å². The molecular weight excluding hydrogens is 247 g/mol. The smallest absolute Gasteiger partial charge is 0.181 e. The molecule has 0 spiro atoms. The minimum Gasteiger partial charge on any atom is -0.474 e. The highest BCUT2D eigenvalue weighted by Gasteiger charge is 2.13. The third-order valence-corrected chi connectivity index (χ3v) is 2.47. The minimum absolute atomic E-state index is 0.401. The zero-order valence-electron chi connectivity index (χ0n) is 8.84. The van der Waals surface area contributed by atoms with E-state index >= 15 is 0 Å². The zero-order valence-corrected chi connectivity index (χ0v) is 10.3. The van der Waals surface area contributed by atoms with Crippen LogP contribution in [0.1, 0.15) is 12.5 Å². The third kappa shape index (κ3) is 3.28. The molecule has 1 aromatic rings. The molecule has 1 rings (SSSR count). The summed E-state index contributed by atoms with van der Waals surface area (Å²) in [6.07, 6.45) is 0.0449. The Bertz CT molecular complexity index is 415. The Morgan fingerprint density at radius 1 is 1.50 bits per heavy atom. The minimum atomic E-state index is -0.560. The van der Waals surface area contributed by atoms with Crippen LogP contribution < -0.4 is 10.5 Å². The van der Waals surface area contributed by atoms with E-state index in [0.29, 0.717) is 28.8 Å². The van der Waals surface area contributed by atoms with E-state index in [9.17, 15) is 0 Å². The summed E-state index contributed by atoms with van der Waals surface area (Å²) in [5, 5.41) is 9.63. The van der Waals surface area contributed by atoms with Gasteiger partial charge in [0.1, 0.15) is 11.8 Å². The molecule has 0 fully saturated rings. The highest BCUT2D eigenvalue weighted by Crippen LogP contribution is 2.33. The molecule has 0 bridgehead atoms. The van der Waals surface area contributed by atoms with Crippen molar-refractivity contribution in [1.29, 1.82) is 5.26 Å². The number of nitrogens with zero attached hydrogens (tertiary/aromatic N) is 1. The van der Waals surface area contributed by atoms with Crippen LogP contribution in [0.3, 0.4) is 0 Å². The van der Waals surface area contributed by atoms with Crippen LogP contribution in [0.25, 0.3) is 0 Å². The summed E-state index contributed by atoms with van der Waals surface area (Å²) < 4.78 is 5.43. The standard InChI is InChI=1S/C11H12Cl2N2O/c1-7(6-15)16-11-8(2-3-14)4-9(12)5-10(11)13/h4-5,7H,2-3,14H2,1H3. The Hall–Kier alpha value is -0.950. The van der Waals surface area contributed by atoms with Crippen LogP contribution in [0.5, 0.6) is 5.75 Å². The zero-order chi connectivity index (χ0) is 12.1. The maximum Gasteiger partial charge on any atom is 0.181 e. The molecule has 1 aromatic carbocycles. The number of ether oxygens (including phenoxy) is 1. The highest BCUT2D eigenvalue weighted by atomic mass is 35.5.